The van der Waals surface area contributed by atoms with Crippen molar-refractivity contribution in [2.75, 3.05) is 0 Å². The summed E-state index contributed by atoms with van der Waals surface area (Å²) in [5.41, 5.74) is 4.27. The predicted octanol–water partition coefficient (Wildman–Crippen LogP) is 3.43. The number of carbonyl (C=O) groups is 1. The average Bonchev–Trinajstić information content (AvgIpc) is 2.18. The van der Waals surface area contributed by atoms with Gasteiger partial charge in [-0.2, -0.15) is 0 Å². The van der Waals surface area contributed by atoms with Crippen LogP contribution in [0.25, 0.3) is 5.57 Å². The molecule has 0 fully saturated rings. The van der Waals surface area contributed by atoms with Gasteiger partial charge in [0.15, 0.2) is 0 Å². The topological polar surface area (TPSA) is 37.3 Å². The summed E-state index contributed by atoms with van der Waals surface area (Å²) in [5, 5.41) is 8.88. The number of rotatable bonds is 3. The van der Waals surface area contributed by atoms with Gasteiger partial charge in [-0.3, -0.25) is 0 Å². The minimum atomic E-state index is -0.885. The highest BCUT2D eigenvalue weighted by Gasteiger charge is 2.11. The van der Waals surface area contributed by atoms with Crippen molar-refractivity contribution in [3.63, 3.8) is 0 Å². The summed E-state index contributed by atoms with van der Waals surface area (Å²) in [4.78, 5) is 10.8. The number of carboxylic acids is 1. The smallest absolute Gasteiger partial charge is 0.328 e. The Morgan fingerprint density at radius 1 is 1.31 bits per heavy atom. The van der Waals surface area contributed by atoms with Gasteiger partial charge in [-0.05, 0) is 42.0 Å². The zero-order valence-corrected chi connectivity index (χ0v) is 10.2. The van der Waals surface area contributed by atoms with Gasteiger partial charge in [-0.25, -0.2) is 4.79 Å². The number of allylic oxidation sites excluding steroid dienone is 1. The first-order valence-corrected chi connectivity index (χ1v) is 5.44. The maximum atomic E-state index is 10.8. The highest BCUT2D eigenvalue weighted by atomic mass is 16.4. The standard InChI is InChI=1S/C14H18O2/c1-9(2)13(8-14(15)16)12-7-5-6-10(3)11(12)4/h5-9H,1-4H3,(H,15,16)/b13-8+. The van der Waals surface area contributed by atoms with Crippen molar-refractivity contribution in [2.45, 2.75) is 27.7 Å². The number of carboxylic acid groups (broad SMARTS) is 1. The van der Waals surface area contributed by atoms with Gasteiger partial charge < -0.3 is 5.11 Å². The largest absolute Gasteiger partial charge is 0.478 e. The third-order valence-corrected chi connectivity index (χ3v) is 2.82. The fourth-order valence-corrected chi connectivity index (χ4v) is 1.75. The molecule has 1 aromatic carbocycles. The van der Waals surface area contributed by atoms with Crippen LogP contribution in [0.2, 0.25) is 0 Å². The van der Waals surface area contributed by atoms with Crippen LogP contribution >= 0.6 is 0 Å². The van der Waals surface area contributed by atoms with E-state index in [-0.39, 0.29) is 5.92 Å². The van der Waals surface area contributed by atoms with Gasteiger partial charge in [0.25, 0.3) is 0 Å². The van der Waals surface area contributed by atoms with Crippen molar-refractivity contribution >= 4 is 11.5 Å². The molecule has 0 unspecified atom stereocenters. The van der Waals surface area contributed by atoms with Crippen LogP contribution in [-0.2, 0) is 4.79 Å². The Kier molecular flexibility index (Phi) is 3.88. The van der Waals surface area contributed by atoms with Crippen molar-refractivity contribution in [1.82, 2.24) is 0 Å². The molecule has 0 atom stereocenters. The van der Waals surface area contributed by atoms with Crippen LogP contribution in [0.4, 0.5) is 0 Å². The van der Waals surface area contributed by atoms with E-state index in [1.54, 1.807) is 0 Å². The maximum Gasteiger partial charge on any atom is 0.328 e. The van der Waals surface area contributed by atoms with E-state index >= 15 is 0 Å². The van der Waals surface area contributed by atoms with Gasteiger partial charge >= 0.3 is 5.97 Å². The summed E-state index contributed by atoms with van der Waals surface area (Å²) < 4.78 is 0. The number of aliphatic carboxylic acids is 1. The Bertz CT molecular complexity index is 428. The molecule has 1 rings (SSSR count). The summed E-state index contributed by atoms with van der Waals surface area (Å²) in [6.07, 6.45) is 1.31. The zero-order chi connectivity index (χ0) is 12.3. The fourth-order valence-electron chi connectivity index (χ4n) is 1.75. The molecule has 0 bridgehead atoms. The summed E-state index contributed by atoms with van der Waals surface area (Å²) in [5.74, 6) is -0.679. The highest BCUT2D eigenvalue weighted by molar-refractivity contribution is 5.91. The monoisotopic (exact) mass is 218 g/mol. The quantitative estimate of drug-likeness (QED) is 0.789. The SMILES string of the molecule is Cc1cccc(/C(=C/C(=O)O)C(C)C)c1C. The predicted molar refractivity (Wildman–Crippen MR) is 66.4 cm³/mol. The molecule has 0 saturated heterocycles. The van der Waals surface area contributed by atoms with Crippen LogP contribution in [0.1, 0.15) is 30.5 Å². The Labute approximate surface area is 96.6 Å². The molecule has 0 aliphatic rings. The van der Waals surface area contributed by atoms with Gasteiger partial charge in [-0.15, -0.1) is 0 Å². The minimum absolute atomic E-state index is 0.205. The fraction of sp³-hybridized carbons (Fsp3) is 0.357. The Balaban J connectivity index is 3.33. The van der Waals surface area contributed by atoms with E-state index in [0.29, 0.717) is 0 Å². The van der Waals surface area contributed by atoms with E-state index in [2.05, 4.69) is 0 Å². The lowest BCUT2D eigenvalue weighted by molar-refractivity contribution is -0.131. The average molecular weight is 218 g/mol. The third kappa shape index (κ3) is 2.72. The molecule has 86 valence electrons. The number of benzene rings is 1. The first-order valence-electron chi connectivity index (χ1n) is 5.44. The lowest BCUT2D eigenvalue weighted by Gasteiger charge is -2.15. The number of hydrogen-bond donors (Lipinski definition) is 1. The molecule has 1 aromatic rings. The Hall–Kier alpha value is -1.57. The van der Waals surface area contributed by atoms with Crippen LogP contribution in [0, 0.1) is 19.8 Å². The first-order chi connectivity index (χ1) is 7.43. The zero-order valence-electron chi connectivity index (χ0n) is 10.2. The van der Waals surface area contributed by atoms with Crippen molar-refractivity contribution < 1.29 is 9.90 Å². The van der Waals surface area contributed by atoms with Crippen LogP contribution in [0.15, 0.2) is 24.3 Å². The molecule has 2 heteroatoms. The van der Waals surface area contributed by atoms with Gasteiger partial charge in [0.05, 0.1) is 0 Å². The number of aryl methyl sites for hydroxylation is 1. The molecule has 2 nitrogen and oxygen atoms in total. The lowest BCUT2D eigenvalue weighted by atomic mass is 9.90. The van der Waals surface area contributed by atoms with Crippen molar-refractivity contribution in [3.8, 4) is 0 Å². The summed E-state index contributed by atoms with van der Waals surface area (Å²) in [6.45, 7) is 8.09. The van der Waals surface area contributed by atoms with Crippen LogP contribution in [0.5, 0.6) is 0 Å². The Morgan fingerprint density at radius 2 is 1.94 bits per heavy atom. The molecule has 0 radical (unpaired) electrons. The van der Waals surface area contributed by atoms with E-state index in [1.807, 2.05) is 45.9 Å². The van der Waals surface area contributed by atoms with E-state index < -0.39 is 5.97 Å². The molecule has 0 aliphatic heterocycles. The van der Waals surface area contributed by atoms with Crippen LogP contribution < -0.4 is 0 Å². The Morgan fingerprint density at radius 3 is 2.44 bits per heavy atom. The highest BCUT2D eigenvalue weighted by Crippen LogP contribution is 2.27. The van der Waals surface area contributed by atoms with Crippen molar-refractivity contribution in [3.05, 3.63) is 41.0 Å². The summed E-state index contributed by atoms with van der Waals surface area (Å²) in [7, 11) is 0. The van der Waals surface area contributed by atoms with Crippen molar-refractivity contribution in [1.29, 1.82) is 0 Å². The van der Waals surface area contributed by atoms with Gasteiger partial charge in [0.1, 0.15) is 0 Å². The van der Waals surface area contributed by atoms with E-state index in [9.17, 15) is 4.79 Å². The molecular weight excluding hydrogens is 200 g/mol. The molecule has 1 N–H and O–H groups in total. The lowest BCUT2D eigenvalue weighted by Crippen LogP contribution is -2.01. The molecule has 0 saturated carbocycles. The molecular formula is C14H18O2. The van der Waals surface area contributed by atoms with E-state index in [0.717, 1.165) is 16.7 Å². The molecule has 0 aromatic heterocycles. The van der Waals surface area contributed by atoms with Gasteiger partial charge in [0, 0.05) is 6.08 Å². The number of hydrogen-bond acceptors (Lipinski definition) is 1. The van der Waals surface area contributed by atoms with Gasteiger partial charge in [-0.1, -0.05) is 32.0 Å². The van der Waals surface area contributed by atoms with Gasteiger partial charge in [0.2, 0.25) is 0 Å². The second-order valence-electron chi connectivity index (χ2n) is 4.34. The second-order valence-corrected chi connectivity index (χ2v) is 4.34. The molecule has 0 aliphatic carbocycles. The van der Waals surface area contributed by atoms with E-state index in [4.69, 9.17) is 5.11 Å². The summed E-state index contributed by atoms with van der Waals surface area (Å²) >= 11 is 0. The summed E-state index contributed by atoms with van der Waals surface area (Å²) in [6, 6.07) is 5.99. The third-order valence-electron chi connectivity index (χ3n) is 2.82. The normalized spacial score (nSPS) is 11.9. The molecule has 0 spiro atoms. The molecule has 0 heterocycles. The second kappa shape index (κ2) is 4.97. The molecule has 16 heavy (non-hydrogen) atoms. The minimum Gasteiger partial charge on any atom is -0.478 e. The first kappa shape index (κ1) is 12.5. The van der Waals surface area contributed by atoms with E-state index in [1.165, 1.54) is 11.6 Å². The molecule has 0 amide bonds. The van der Waals surface area contributed by atoms with Crippen molar-refractivity contribution in [2.24, 2.45) is 5.92 Å². The maximum absolute atomic E-state index is 10.8. The van der Waals surface area contributed by atoms with Crippen LogP contribution in [-0.4, -0.2) is 11.1 Å². The van der Waals surface area contributed by atoms with Crippen LogP contribution in [0.3, 0.4) is 0 Å².